The lowest BCUT2D eigenvalue weighted by molar-refractivity contribution is -0.161. The number of aromatic nitrogens is 1. The van der Waals surface area contributed by atoms with Crippen molar-refractivity contribution < 1.29 is 19.4 Å². The predicted octanol–water partition coefficient (Wildman–Crippen LogP) is 5.12. The van der Waals surface area contributed by atoms with Crippen LogP contribution in [0.3, 0.4) is 0 Å². The van der Waals surface area contributed by atoms with Crippen LogP contribution in [0, 0.1) is 0 Å². The van der Waals surface area contributed by atoms with Gasteiger partial charge in [0.25, 0.3) is 5.56 Å². The lowest BCUT2D eigenvalue weighted by Gasteiger charge is -2.29. The van der Waals surface area contributed by atoms with Gasteiger partial charge in [-0.05, 0) is 68.3 Å². The molecule has 1 aliphatic heterocycles. The van der Waals surface area contributed by atoms with Gasteiger partial charge in [0.15, 0.2) is 6.10 Å². The van der Waals surface area contributed by atoms with Crippen molar-refractivity contribution in [1.29, 1.82) is 0 Å². The van der Waals surface area contributed by atoms with Crippen LogP contribution in [0.2, 0.25) is 5.02 Å². The van der Waals surface area contributed by atoms with Gasteiger partial charge >= 0.3 is 5.97 Å². The fraction of sp³-hybridized carbons (Fsp3) is 0.360. The van der Waals surface area contributed by atoms with Crippen LogP contribution >= 0.6 is 11.6 Å². The van der Waals surface area contributed by atoms with Crippen molar-refractivity contribution in [2.24, 2.45) is 7.05 Å². The predicted molar refractivity (Wildman–Crippen MR) is 125 cm³/mol. The minimum atomic E-state index is -1.35. The van der Waals surface area contributed by atoms with E-state index in [0.29, 0.717) is 28.0 Å². The van der Waals surface area contributed by atoms with Crippen LogP contribution in [0.15, 0.2) is 41.2 Å². The van der Waals surface area contributed by atoms with Crippen LogP contribution in [0.1, 0.15) is 44.6 Å². The van der Waals surface area contributed by atoms with Gasteiger partial charge in [-0.2, -0.15) is 0 Å². The molecule has 0 fully saturated rings. The Balaban J connectivity index is 2.11. The second kappa shape index (κ2) is 8.26. The van der Waals surface area contributed by atoms with Crippen LogP contribution < -0.4 is 10.3 Å². The molecule has 2 aromatic carbocycles. The van der Waals surface area contributed by atoms with E-state index in [9.17, 15) is 14.7 Å². The second-order valence-corrected chi connectivity index (χ2v) is 9.42. The zero-order valence-corrected chi connectivity index (χ0v) is 19.3. The fourth-order valence-corrected chi connectivity index (χ4v) is 4.49. The minimum absolute atomic E-state index is 0.281. The van der Waals surface area contributed by atoms with E-state index in [2.05, 4.69) is 0 Å². The summed E-state index contributed by atoms with van der Waals surface area (Å²) >= 11 is 6.43. The number of pyridine rings is 1. The van der Waals surface area contributed by atoms with Gasteiger partial charge in [0.1, 0.15) is 5.75 Å². The molecular weight excluding hydrogens is 430 g/mol. The number of carbonyl (C=O) groups is 1. The summed E-state index contributed by atoms with van der Waals surface area (Å²) in [6.07, 6.45) is 0.427. The molecule has 0 saturated carbocycles. The highest BCUT2D eigenvalue weighted by atomic mass is 35.5. The lowest BCUT2D eigenvalue weighted by Crippen LogP contribution is -2.33. The van der Waals surface area contributed by atoms with Crippen molar-refractivity contribution in [1.82, 2.24) is 4.57 Å². The van der Waals surface area contributed by atoms with E-state index in [1.165, 1.54) is 4.57 Å². The molecule has 1 aromatic heterocycles. The Kier molecular flexibility index (Phi) is 5.77. The van der Waals surface area contributed by atoms with Crippen LogP contribution in [-0.4, -0.2) is 27.9 Å². The van der Waals surface area contributed by atoms with E-state index in [4.69, 9.17) is 21.1 Å². The van der Waals surface area contributed by atoms with Crippen molar-refractivity contribution in [3.63, 3.8) is 0 Å². The summed E-state index contributed by atoms with van der Waals surface area (Å²) < 4.78 is 13.1. The zero-order valence-electron chi connectivity index (χ0n) is 18.6. The topological polar surface area (TPSA) is 77.8 Å². The summed E-state index contributed by atoms with van der Waals surface area (Å²) in [7, 11) is 1.56. The Bertz CT molecular complexity index is 1270. The van der Waals surface area contributed by atoms with E-state index in [-0.39, 0.29) is 11.3 Å². The maximum Gasteiger partial charge on any atom is 0.339 e. The summed E-state index contributed by atoms with van der Waals surface area (Å²) in [6, 6.07) is 11.0. The molecule has 0 spiro atoms. The Morgan fingerprint density at radius 1 is 1.25 bits per heavy atom. The Hall–Kier alpha value is -2.83. The largest absolute Gasteiger partial charge is 0.493 e. The molecule has 4 rings (SSSR count). The van der Waals surface area contributed by atoms with Gasteiger partial charge in [0.05, 0.1) is 28.3 Å². The third kappa shape index (κ3) is 4.00. The maximum absolute atomic E-state index is 13.3. The van der Waals surface area contributed by atoms with Gasteiger partial charge in [-0.1, -0.05) is 29.8 Å². The monoisotopic (exact) mass is 455 g/mol. The van der Waals surface area contributed by atoms with E-state index < -0.39 is 17.7 Å². The molecule has 7 heteroatoms. The van der Waals surface area contributed by atoms with Gasteiger partial charge in [-0.3, -0.25) is 4.79 Å². The molecule has 6 nitrogen and oxygen atoms in total. The number of carboxylic acid groups (broad SMARTS) is 1. The SMILES string of the molecule is Cn1c(C(OC(C)(C)C)C(=O)O)c(-c2ccc3c(c2)CCCO3)c2cccc(Cl)c2c1=O. The smallest absolute Gasteiger partial charge is 0.339 e. The number of rotatable bonds is 4. The molecule has 168 valence electrons. The van der Waals surface area contributed by atoms with E-state index in [1.807, 2.05) is 18.2 Å². The first-order chi connectivity index (χ1) is 15.1. The normalized spacial score (nSPS) is 14.7. The number of hydrogen-bond donors (Lipinski definition) is 1. The van der Waals surface area contributed by atoms with Crippen LogP contribution in [-0.2, 0) is 23.0 Å². The van der Waals surface area contributed by atoms with Crippen LogP contribution in [0.4, 0.5) is 0 Å². The molecule has 32 heavy (non-hydrogen) atoms. The number of aliphatic carboxylic acids is 1. The number of nitrogens with zero attached hydrogens (tertiary/aromatic N) is 1. The summed E-state index contributed by atoms with van der Waals surface area (Å²) in [5, 5.41) is 11.4. The third-order valence-corrected chi connectivity index (χ3v) is 5.88. The summed E-state index contributed by atoms with van der Waals surface area (Å²) in [5.41, 5.74) is 1.62. The number of ether oxygens (including phenoxy) is 2. The van der Waals surface area contributed by atoms with Crippen molar-refractivity contribution in [3.8, 4) is 16.9 Å². The number of halogens is 1. The molecule has 0 aliphatic carbocycles. The first-order valence-electron chi connectivity index (χ1n) is 10.6. The number of benzene rings is 2. The van der Waals surface area contributed by atoms with Gasteiger partial charge in [-0.25, -0.2) is 4.79 Å². The second-order valence-electron chi connectivity index (χ2n) is 9.01. The number of hydrogen-bond acceptors (Lipinski definition) is 4. The average Bonchev–Trinajstić information content (AvgIpc) is 2.73. The Morgan fingerprint density at radius 3 is 2.69 bits per heavy atom. The highest BCUT2D eigenvalue weighted by Crippen LogP contribution is 2.40. The molecule has 1 atom stereocenters. The summed E-state index contributed by atoms with van der Waals surface area (Å²) in [6.45, 7) is 6.04. The first-order valence-corrected chi connectivity index (χ1v) is 10.9. The van der Waals surface area contributed by atoms with Crippen molar-refractivity contribution in [2.75, 3.05) is 6.61 Å². The summed E-state index contributed by atoms with van der Waals surface area (Å²) in [5.74, 6) is -0.340. The van der Waals surface area contributed by atoms with Gasteiger partial charge in [0.2, 0.25) is 0 Å². The van der Waals surface area contributed by atoms with Crippen molar-refractivity contribution >= 4 is 28.3 Å². The quantitative estimate of drug-likeness (QED) is 0.590. The van der Waals surface area contributed by atoms with Crippen LogP contribution in [0.25, 0.3) is 21.9 Å². The fourth-order valence-electron chi connectivity index (χ4n) is 4.24. The molecule has 1 N–H and O–H groups in total. The number of aryl methyl sites for hydroxylation is 1. The lowest BCUT2D eigenvalue weighted by atomic mass is 9.92. The molecule has 1 aliphatic rings. The number of fused-ring (bicyclic) bond motifs is 2. The van der Waals surface area contributed by atoms with Crippen molar-refractivity contribution in [2.45, 2.75) is 45.3 Å². The number of carboxylic acids is 1. The molecule has 0 radical (unpaired) electrons. The van der Waals surface area contributed by atoms with E-state index in [1.54, 1.807) is 46.0 Å². The first kappa shape index (κ1) is 22.4. The molecule has 0 amide bonds. The molecular formula is C25H26ClNO5. The molecule has 0 saturated heterocycles. The molecule has 1 unspecified atom stereocenters. The van der Waals surface area contributed by atoms with Crippen LogP contribution in [0.5, 0.6) is 5.75 Å². The van der Waals surface area contributed by atoms with Crippen molar-refractivity contribution in [3.05, 3.63) is 63.0 Å². The third-order valence-electron chi connectivity index (χ3n) is 5.56. The van der Waals surface area contributed by atoms with E-state index in [0.717, 1.165) is 29.7 Å². The van der Waals surface area contributed by atoms with Gasteiger partial charge < -0.3 is 19.1 Å². The maximum atomic E-state index is 13.3. The Morgan fingerprint density at radius 2 is 2.00 bits per heavy atom. The minimum Gasteiger partial charge on any atom is -0.493 e. The summed E-state index contributed by atoms with van der Waals surface area (Å²) in [4.78, 5) is 25.7. The average molecular weight is 456 g/mol. The highest BCUT2D eigenvalue weighted by Gasteiger charge is 2.33. The molecule has 2 heterocycles. The van der Waals surface area contributed by atoms with Gasteiger partial charge in [-0.15, -0.1) is 0 Å². The van der Waals surface area contributed by atoms with E-state index >= 15 is 0 Å². The van der Waals surface area contributed by atoms with Gasteiger partial charge in [0, 0.05) is 12.6 Å². The zero-order chi connectivity index (χ0) is 23.2. The molecule has 3 aromatic rings. The molecule has 0 bridgehead atoms. The standard InChI is InChI=1S/C25H26ClNO5/c1-25(2,3)32-22(24(29)30)21-19(15-10-11-18-14(13-15)7-6-12-31-18)16-8-5-9-17(26)20(16)23(28)27(21)4/h5,8-11,13,22H,6-7,12H2,1-4H3,(H,29,30). The Labute approximate surface area is 191 Å². The highest BCUT2D eigenvalue weighted by molar-refractivity contribution is 6.35.